The Morgan fingerprint density at radius 1 is 1.21 bits per heavy atom. The van der Waals surface area contributed by atoms with Crippen LogP contribution in [0.5, 0.6) is 0 Å². The van der Waals surface area contributed by atoms with Crippen molar-refractivity contribution in [2.45, 2.75) is 29.1 Å². The van der Waals surface area contributed by atoms with E-state index in [0.29, 0.717) is 8.84 Å². The minimum atomic E-state index is -0.0280. The van der Waals surface area contributed by atoms with Gasteiger partial charge in [-0.05, 0) is 42.7 Å². The molecule has 0 unspecified atom stereocenters. The first-order valence-electron chi connectivity index (χ1n) is 5.03. The minimum Gasteiger partial charge on any atom is -0.207 e. The molecule has 0 amide bonds. The van der Waals surface area contributed by atoms with Gasteiger partial charge in [-0.1, -0.05) is 40.8 Å². The van der Waals surface area contributed by atoms with E-state index in [-0.39, 0.29) is 5.82 Å². The highest BCUT2D eigenvalue weighted by Gasteiger charge is 2.65. The van der Waals surface area contributed by atoms with Crippen LogP contribution >= 0.6 is 22.6 Å². The standard InChI is InChI=1S/C12H12FI/c13-10-4-2-1-3-9(10)5-11-6-12(14,7-11)8-11/h1-4H,5-8H2. The molecule has 0 spiro atoms. The molecule has 3 aliphatic carbocycles. The molecule has 4 rings (SSSR count). The third kappa shape index (κ3) is 1.23. The van der Waals surface area contributed by atoms with E-state index in [1.54, 1.807) is 12.1 Å². The summed E-state index contributed by atoms with van der Waals surface area (Å²) >= 11 is 2.56. The van der Waals surface area contributed by atoms with Crippen molar-refractivity contribution in [2.75, 3.05) is 0 Å². The van der Waals surface area contributed by atoms with Crippen LogP contribution in [0.25, 0.3) is 0 Å². The maximum atomic E-state index is 13.4. The zero-order chi connectivity index (χ0) is 9.81. The average molecular weight is 302 g/mol. The quantitative estimate of drug-likeness (QED) is 0.577. The van der Waals surface area contributed by atoms with Gasteiger partial charge in [0.2, 0.25) is 0 Å². The lowest BCUT2D eigenvalue weighted by molar-refractivity contribution is -0.0620. The molecule has 0 aliphatic heterocycles. The largest absolute Gasteiger partial charge is 0.207 e. The summed E-state index contributed by atoms with van der Waals surface area (Å²) in [6.07, 6.45) is 4.85. The van der Waals surface area contributed by atoms with Crippen molar-refractivity contribution in [3.05, 3.63) is 35.6 Å². The normalized spacial score (nSPS) is 38.7. The second kappa shape index (κ2) is 2.71. The molecule has 0 nitrogen and oxygen atoms in total. The molecule has 14 heavy (non-hydrogen) atoms. The third-order valence-electron chi connectivity index (χ3n) is 3.60. The van der Waals surface area contributed by atoms with Crippen LogP contribution in [0.2, 0.25) is 0 Å². The van der Waals surface area contributed by atoms with Gasteiger partial charge < -0.3 is 0 Å². The number of alkyl halides is 1. The molecule has 2 heteroatoms. The maximum absolute atomic E-state index is 13.4. The summed E-state index contributed by atoms with van der Waals surface area (Å²) in [5.41, 5.74) is 1.38. The van der Waals surface area contributed by atoms with Gasteiger partial charge in [0.05, 0.1) is 0 Å². The first-order chi connectivity index (χ1) is 6.61. The highest BCUT2D eigenvalue weighted by Crippen LogP contribution is 2.73. The van der Waals surface area contributed by atoms with Crippen molar-refractivity contribution in [1.82, 2.24) is 0 Å². The van der Waals surface area contributed by atoms with E-state index in [4.69, 9.17) is 0 Å². The monoisotopic (exact) mass is 302 g/mol. The Hall–Kier alpha value is -0.120. The Morgan fingerprint density at radius 2 is 1.86 bits per heavy atom. The van der Waals surface area contributed by atoms with E-state index in [1.807, 2.05) is 12.1 Å². The van der Waals surface area contributed by atoms with Crippen LogP contribution in [0, 0.1) is 11.2 Å². The van der Waals surface area contributed by atoms with Crippen molar-refractivity contribution in [3.63, 3.8) is 0 Å². The highest BCUT2D eigenvalue weighted by atomic mass is 127. The molecule has 3 aliphatic rings. The molecule has 3 saturated carbocycles. The molecular formula is C12H12FI. The smallest absolute Gasteiger partial charge is 0.126 e. The first kappa shape index (κ1) is 9.13. The maximum Gasteiger partial charge on any atom is 0.126 e. The lowest BCUT2D eigenvalue weighted by Gasteiger charge is -2.68. The van der Waals surface area contributed by atoms with E-state index in [9.17, 15) is 4.39 Å². The highest BCUT2D eigenvalue weighted by molar-refractivity contribution is 14.1. The summed E-state index contributed by atoms with van der Waals surface area (Å²) < 4.78 is 14.0. The molecule has 74 valence electrons. The lowest BCUT2D eigenvalue weighted by atomic mass is 9.43. The van der Waals surface area contributed by atoms with E-state index in [0.717, 1.165) is 12.0 Å². The second-order valence-corrected chi connectivity index (χ2v) is 7.24. The fourth-order valence-electron chi connectivity index (χ4n) is 3.09. The van der Waals surface area contributed by atoms with Gasteiger partial charge in [-0.2, -0.15) is 0 Å². The first-order valence-corrected chi connectivity index (χ1v) is 6.11. The van der Waals surface area contributed by atoms with Crippen LogP contribution in [0.3, 0.4) is 0 Å². The number of benzene rings is 1. The Morgan fingerprint density at radius 3 is 2.43 bits per heavy atom. The van der Waals surface area contributed by atoms with Crippen molar-refractivity contribution < 1.29 is 4.39 Å². The Bertz CT molecular complexity index is 366. The molecule has 1 aromatic rings. The summed E-state index contributed by atoms with van der Waals surface area (Å²) in [5.74, 6) is -0.0280. The van der Waals surface area contributed by atoms with Gasteiger partial charge in [0, 0.05) is 3.42 Å². The molecular weight excluding hydrogens is 290 g/mol. The topological polar surface area (TPSA) is 0 Å². The van der Waals surface area contributed by atoms with E-state index in [1.165, 1.54) is 19.3 Å². The van der Waals surface area contributed by atoms with Gasteiger partial charge in [0.15, 0.2) is 0 Å². The molecule has 3 fully saturated rings. The molecule has 1 aromatic carbocycles. The molecule has 0 N–H and O–H groups in total. The molecule has 0 heterocycles. The van der Waals surface area contributed by atoms with Crippen LogP contribution in [0.4, 0.5) is 4.39 Å². The second-order valence-electron chi connectivity index (χ2n) is 4.95. The predicted octanol–water partition coefficient (Wildman–Crippen LogP) is 3.73. The van der Waals surface area contributed by atoms with Gasteiger partial charge in [-0.15, -0.1) is 0 Å². The summed E-state index contributed by atoms with van der Waals surface area (Å²) in [4.78, 5) is 0. The van der Waals surface area contributed by atoms with E-state index < -0.39 is 0 Å². The SMILES string of the molecule is Fc1ccccc1CC12CC(I)(C1)C2. The van der Waals surface area contributed by atoms with Crippen LogP contribution in [-0.4, -0.2) is 3.42 Å². The summed E-state index contributed by atoms with van der Waals surface area (Å²) in [5, 5.41) is 0. The van der Waals surface area contributed by atoms with Gasteiger partial charge in [0.25, 0.3) is 0 Å². The summed E-state index contributed by atoms with van der Waals surface area (Å²) in [7, 11) is 0. The Labute approximate surface area is 97.0 Å². The summed E-state index contributed by atoms with van der Waals surface area (Å²) in [6.45, 7) is 0. The summed E-state index contributed by atoms with van der Waals surface area (Å²) in [6, 6.07) is 7.20. The molecule has 0 atom stereocenters. The zero-order valence-corrected chi connectivity index (χ0v) is 10.1. The Kier molecular flexibility index (Phi) is 1.77. The minimum absolute atomic E-state index is 0.0280. The lowest BCUT2D eigenvalue weighted by Crippen LogP contribution is -2.64. The van der Waals surface area contributed by atoms with Crippen LogP contribution in [0.15, 0.2) is 24.3 Å². The van der Waals surface area contributed by atoms with Crippen molar-refractivity contribution in [1.29, 1.82) is 0 Å². The van der Waals surface area contributed by atoms with Crippen molar-refractivity contribution in [2.24, 2.45) is 5.41 Å². The van der Waals surface area contributed by atoms with Crippen LogP contribution in [0.1, 0.15) is 24.8 Å². The van der Waals surface area contributed by atoms with Crippen molar-refractivity contribution in [3.8, 4) is 0 Å². The molecule has 0 radical (unpaired) electrons. The molecule has 0 saturated heterocycles. The number of hydrogen-bond donors (Lipinski definition) is 0. The van der Waals surface area contributed by atoms with E-state index in [2.05, 4.69) is 22.6 Å². The average Bonchev–Trinajstić information content (AvgIpc) is 2.04. The van der Waals surface area contributed by atoms with Crippen LogP contribution in [-0.2, 0) is 6.42 Å². The van der Waals surface area contributed by atoms with Gasteiger partial charge in [0.1, 0.15) is 5.82 Å². The number of halogens is 2. The van der Waals surface area contributed by atoms with Gasteiger partial charge in [-0.3, -0.25) is 0 Å². The molecule has 0 aromatic heterocycles. The fourth-order valence-corrected chi connectivity index (χ4v) is 5.52. The molecule has 2 bridgehead atoms. The van der Waals surface area contributed by atoms with Crippen LogP contribution < -0.4 is 0 Å². The van der Waals surface area contributed by atoms with E-state index >= 15 is 0 Å². The number of rotatable bonds is 2. The predicted molar refractivity (Wildman–Crippen MR) is 63.1 cm³/mol. The Balaban J connectivity index is 1.77. The van der Waals surface area contributed by atoms with Gasteiger partial charge in [-0.25, -0.2) is 4.39 Å². The number of hydrogen-bond acceptors (Lipinski definition) is 0. The van der Waals surface area contributed by atoms with Gasteiger partial charge >= 0.3 is 0 Å². The van der Waals surface area contributed by atoms with Crippen molar-refractivity contribution >= 4 is 22.6 Å². The fraction of sp³-hybridized carbons (Fsp3) is 0.500. The third-order valence-corrected chi connectivity index (χ3v) is 4.74. The zero-order valence-electron chi connectivity index (χ0n) is 7.89.